The van der Waals surface area contributed by atoms with Gasteiger partial charge in [-0.25, -0.2) is 0 Å². The molecule has 0 spiro atoms. The predicted octanol–water partition coefficient (Wildman–Crippen LogP) is 2.99. The fourth-order valence-corrected chi connectivity index (χ4v) is 3.69. The van der Waals surface area contributed by atoms with Crippen molar-refractivity contribution in [2.24, 2.45) is 0 Å². The lowest BCUT2D eigenvalue weighted by Gasteiger charge is -2.20. The fourth-order valence-electron chi connectivity index (χ4n) is 2.34. The molecule has 1 aliphatic rings. The minimum absolute atomic E-state index is 0.521. The summed E-state index contributed by atoms with van der Waals surface area (Å²) >= 11 is 0. The molecule has 19 heavy (non-hydrogen) atoms. The first kappa shape index (κ1) is 12.2. The second kappa shape index (κ2) is 4.70. The van der Waals surface area contributed by atoms with Crippen molar-refractivity contribution in [3.63, 3.8) is 0 Å². The maximum Gasteiger partial charge on any atom is 0.120 e. The van der Waals surface area contributed by atoms with Gasteiger partial charge in [0.25, 0.3) is 0 Å². The molecule has 4 heteroatoms. The van der Waals surface area contributed by atoms with Crippen LogP contribution in [0, 0.1) is 0 Å². The number of fused-ring (bicyclic) bond motifs is 3. The van der Waals surface area contributed by atoms with E-state index in [1.54, 1.807) is 14.2 Å². The zero-order chi connectivity index (χ0) is 13.4. The Labute approximate surface area is 114 Å². The van der Waals surface area contributed by atoms with E-state index in [9.17, 15) is 4.21 Å². The van der Waals surface area contributed by atoms with Crippen molar-refractivity contribution in [2.45, 2.75) is 10.6 Å². The van der Waals surface area contributed by atoms with Gasteiger partial charge in [-0.3, -0.25) is 4.21 Å². The van der Waals surface area contributed by atoms with Crippen molar-refractivity contribution in [3.8, 4) is 22.6 Å². The number of hydrogen-bond acceptors (Lipinski definition) is 3. The van der Waals surface area contributed by atoms with Gasteiger partial charge < -0.3 is 9.47 Å². The van der Waals surface area contributed by atoms with Gasteiger partial charge in [0.15, 0.2) is 0 Å². The zero-order valence-corrected chi connectivity index (χ0v) is 11.6. The molecule has 0 saturated carbocycles. The van der Waals surface area contributed by atoms with Gasteiger partial charge in [0.1, 0.15) is 11.5 Å². The van der Waals surface area contributed by atoms with E-state index in [4.69, 9.17) is 9.47 Å². The molecular formula is C15H14O3S. The van der Waals surface area contributed by atoms with Crippen LogP contribution in [-0.4, -0.2) is 18.4 Å². The van der Waals surface area contributed by atoms with Crippen molar-refractivity contribution in [2.75, 3.05) is 14.2 Å². The van der Waals surface area contributed by atoms with Crippen LogP contribution in [0.3, 0.4) is 0 Å². The minimum atomic E-state index is -1.03. The SMILES string of the molecule is COc1ccc2c(c1)CS(=O)c1cc(OC)ccc1-2. The first-order valence-electron chi connectivity index (χ1n) is 5.96. The number of hydrogen-bond donors (Lipinski definition) is 0. The standard InChI is InChI=1S/C15H14O3S/c1-17-11-3-5-13-10(7-11)9-19(16)15-8-12(18-2)4-6-14(13)15/h3-8H,9H2,1-2H3. The van der Waals surface area contributed by atoms with E-state index >= 15 is 0 Å². The molecule has 1 heterocycles. The summed E-state index contributed by atoms with van der Waals surface area (Å²) in [5.41, 5.74) is 3.21. The second-order valence-corrected chi connectivity index (χ2v) is 5.79. The Morgan fingerprint density at radius 2 is 1.58 bits per heavy atom. The van der Waals surface area contributed by atoms with Crippen LogP contribution >= 0.6 is 0 Å². The Balaban J connectivity index is 2.19. The number of ether oxygens (including phenoxy) is 2. The highest BCUT2D eigenvalue weighted by atomic mass is 32.2. The normalized spacial score (nSPS) is 16.4. The molecule has 0 amide bonds. The number of rotatable bonds is 2. The quantitative estimate of drug-likeness (QED) is 0.844. The van der Waals surface area contributed by atoms with E-state index in [0.29, 0.717) is 5.75 Å². The Bertz CT molecular complexity index is 664. The molecule has 0 aliphatic carbocycles. The van der Waals surface area contributed by atoms with Crippen LogP contribution in [0.2, 0.25) is 0 Å². The molecular weight excluding hydrogens is 260 g/mol. The molecule has 0 saturated heterocycles. The van der Waals surface area contributed by atoms with E-state index in [-0.39, 0.29) is 0 Å². The monoisotopic (exact) mass is 274 g/mol. The Kier molecular flexibility index (Phi) is 3.03. The summed E-state index contributed by atoms with van der Waals surface area (Å²) in [6.07, 6.45) is 0. The van der Waals surface area contributed by atoms with Gasteiger partial charge in [-0.2, -0.15) is 0 Å². The molecule has 98 valence electrons. The summed E-state index contributed by atoms with van der Waals surface area (Å²) in [5.74, 6) is 2.06. The van der Waals surface area contributed by atoms with Crippen LogP contribution in [0.15, 0.2) is 41.3 Å². The van der Waals surface area contributed by atoms with Gasteiger partial charge in [0.2, 0.25) is 0 Å². The Morgan fingerprint density at radius 1 is 0.947 bits per heavy atom. The van der Waals surface area contributed by atoms with Gasteiger partial charge in [0, 0.05) is 0 Å². The second-order valence-electron chi connectivity index (χ2n) is 4.38. The average Bonchev–Trinajstić information content (AvgIpc) is 2.46. The lowest BCUT2D eigenvalue weighted by Crippen LogP contribution is -2.07. The maximum absolute atomic E-state index is 12.3. The average molecular weight is 274 g/mol. The molecule has 2 aromatic rings. The summed E-state index contributed by atoms with van der Waals surface area (Å²) < 4.78 is 22.8. The van der Waals surface area contributed by atoms with Gasteiger partial charge in [-0.1, -0.05) is 6.07 Å². The van der Waals surface area contributed by atoms with Crippen LogP contribution in [0.4, 0.5) is 0 Å². The molecule has 0 fully saturated rings. The van der Waals surface area contributed by atoms with Crippen LogP contribution in [0.25, 0.3) is 11.1 Å². The van der Waals surface area contributed by atoms with Gasteiger partial charge in [-0.05, 0) is 47.0 Å². The van der Waals surface area contributed by atoms with E-state index < -0.39 is 10.8 Å². The van der Waals surface area contributed by atoms with Crippen molar-refractivity contribution < 1.29 is 13.7 Å². The molecule has 0 N–H and O–H groups in total. The maximum atomic E-state index is 12.3. The van der Waals surface area contributed by atoms with Crippen molar-refractivity contribution >= 4 is 10.8 Å². The molecule has 3 nitrogen and oxygen atoms in total. The largest absolute Gasteiger partial charge is 0.497 e. The summed E-state index contributed by atoms with van der Waals surface area (Å²) in [4.78, 5) is 0.844. The Hall–Kier alpha value is -1.81. The fraction of sp³-hybridized carbons (Fsp3) is 0.200. The first-order chi connectivity index (χ1) is 9.22. The van der Waals surface area contributed by atoms with E-state index in [2.05, 4.69) is 0 Å². The van der Waals surface area contributed by atoms with Gasteiger partial charge in [0.05, 0.1) is 35.7 Å². The van der Waals surface area contributed by atoms with Gasteiger partial charge >= 0.3 is 0 Å². The highest BCUT2D eigenvalue weighted by molar-refractivity contribution is 7.84. The zero-order valence-electron chi connectivity index (χ0n) is 10.8. The minimum Gasteiger partial charge on any atom is -0.497 e. The molecule has 1 aliphatic heterocycles. The van der Waals surface area contributed by atoms with Crippen LogP contribution in [-0.2, 0) is 16.6 Å². The number of benzene rings is 2. The third-order valence-corrected chi connectivity index (χ3v) is 4.72. The summed E-state index contributed by atoms with van der Waals surface area (Å²) in [6.45, 7) is 0. The van der Waals surface area contributed by atoms with Crippen LogP contribution < -0.4 is 9.47 Å². The third kappa shape index (κ3) is 2.02. The topological polar surface area (TPSA) is 35.5 Å². The number of methoxy groups -OCH3 is 2. The smallest absolute Gasteiger partial charge is 0.120 e. The van der Waals surface area contributed by atoms with Crippen molar-refractivity contribution in [1.82, 2.24) is 0 Å². The molecule has 1 unspecified atom stereocenters. The predicted molar refractivity (Wildman–Crippen MR) is 75.1 cm³/mol. The molecule has 2 aromatic carbocycles. The van der Waals surface area contributed by atoms with E-state index in [1.165, 1.54) is 0 Å². The summed E-state index contributed by atoms with van der Waals surface area (Å²) in [7, 11) is 2.22. The van der Waals surface area contributed by atoms with E-state index in [0.717, 1.165) is 33.1 Å². The van der Waals surface area contributed by atoms with E-state index in [1.807, 2.05) is 36.4 Å². The van der Waals surface area contributed by atoms with Gasteiger partial charge in [-0.15, -0.1) is 0 Å². The Morgan fingerprint density at radius 3 is 2.26 bits per heavy atom. The molecule has 3 rings (SSSR count). The van der Waals surface area contributed by atoms with Crippen molar-refractivity contribution in [3.05, 3.63) is 42.0 Å². The molecule has 0 bridgehead atoms. The summed E-state index contributed by atoms with van der Waals surface area (Å²) in [5, 5.41) is 0. The lowest BCUT2D eigenvalue weighted by atomic mass is 9.99. The lowest BCUT2D eigenvalue weighted by molar-refractivity contribution is 0.413. The molecule has 1 atom stereocenters. The highest BCUT2D eigenvalue weighted by Gasteiger charge is 2.22. The third-order valence-electron chi connectivity index (χ3n) is 3.32. The summed E-state index contributed by atoms with van der Waals surface area (Å²) in [6, 6.07) is 11.6. The van der Waals surface area contributed by atoms with Crippen molar-refractivity contribution in [1.29, 1.82) is 0 Å². The first-order valence-corrected chi connectivity index (χ1v) is 7.28. The van der Waals surface area contributed by atoms with Crippen LogP contribution in [0.1, 0.15) is 5.56 Å². The highest BCUT2D eigenvalue weighted by Crippen LogP contribution is 2.39. The molecule has 0 radical (unpaired) electrons. The molecule has 0 aromatic heterocycles. The van der Waals surface area contributed by atoms with Crippen LogP contribution in [0.5, 0.6) is 11.5 Å².